The minimum Gasteiger partial charge on any atom is -0.467 e. The smallest absolute Gasteiger partial charge is 0.408 e. The quantitative estimate of drug-likeness (QED) is 0.819. The fourth-order valence-corrected chi connectivity index (χ4v) is 1.96. The highest BCUT2D eigenvalue weighted by Crippen LogP contribution is 2.15. The number of rotatable bonds is 6. The molecule has 1 aromatic carbocycles. The molecule has 5 nitrogen and oxygen atoms in total. The van der Waals surface area contributed by atoms with Crippen LogP contribution in [0.3, 0.4) is 0 Å². The van der Waals surface area contributed by atoms with Gasteiger partial charge >= 0.3 is 12.1 Å². The van der Waals surface area contributed by atoms with Gasteiger partial charge in [0.15, 0.2) is 0 Å². The van der Waals surface area contributed by atoms with E-state index in [9.17, 15) is 9.59 Å². The molecule has 0 saturated carbocycles. The third-order valence-electron chi connectivity index (χ3n) is 2.80. The first-order chi connectivity index (χ1) is 9.93. The Morgan fingerprint density at radius 1 is 1.29 bits per heavy atom. The second-order valence-corrected chi connectivity index (χ2v) is 5.42. The first-order valence-corrected chi connectivity index (χ1v) is 7.06. The number of hydrogen-bond donors (Lipinski definition) is 1. The van der Waals surface area contributed by atoms with Crippen molar-refractivity contribution < 1.29 is 19.1 Å². The van der Waals surface area contributed by atoms with E-state index in [1.807, 2.05) is 13.8 Å². The van der Waals surface area contributed by atoms with E-state index < -0.39 is 18.1 Å². The zero-order valence-corrected chi connectivity index (χ0v) is 13.1. The Morgan fingerprint density at radius 2 is 1.95 bits per heavy atom. The van der Waals surface area contributed by atoms with Crippen LogP contribution in [0.2, 0.25) is 5.02 Å². The van der Waals surface area contributed by atoms with Crippen molar-refractivity contribution in [1.29, 1.82) is 0 Å². The van der Waals surface area contributed by atoms with Crippen LogP contribution in [0.1, 0.15) is 25.8 Å². The number of methoxy groups -OCH3 is 1. The van der Waals surface area contributed by atoms with Gasteiger partial charge in [-0.15, -0.1) is 0 Å². The summed E-state index contributed by atoms with van der Waals surface area (Å²) < 4.78 is 9.74. The van der Waals surface area contributed by atoms with Crippen LogP contribution < -0.4 is 5.32 Å². The number of carbonyl (C=O) groups excluding carboxylic acids is 2. The molecule has 1 aromatic rings. The van der Waals surface area contributed by atoms with Crippen LogP contribution >= 0.6 is 11.6 Å². The number of halogens is 1. The molecule has 0 aliphatic heterocycles. The van der Waals surface area contributed by atoms with Gasteiger partial charge in [0.25, 0.3) is 0 Å². The molecule has 0 radical (unpaired) electrons. The lowest BCUT2D eigenvalue weighted by molar-refractivity contribution is -0.143. The molecule has 6 heteroatoms. The SMILES string of the molecule is COC(=O)[C@H](CC(C)C)NC(=O)OCc1ccccc1Cl. The molecule has 1 atom stereocenters. The number of ether oxygens (including phenoxy) is 2. The summed E-state index contributed by atoms with van der Waals surface area (Å²) in [6.45, 7) is 3.94. The molecule has 1 rings (SSSR count). The van der Waals surface area contributed by atoms with Crippen LogP contribution in [0.25, 0.3) is 0 Å². The number of carbonyl (C=O) groups is 2. The van der Waals surface area contributed by atoms with Crippen LogP contribution in [0.15, 0.2) is 24.3 Å². The molecule has 21 heavy (non-hydrogen) atoms. The van der Waals surface area contributed by atoms with Gasteiger partial charge in [-0.25, -0.2) is 9.59 Å². The molecule has 0 unspecified atom stereocenters. The molecule has 0 aromatic heterocycles. The lowest BCUT2D eigenvalue weighted by atomic mass is 10.0. The minimum atomic E-state index is -0.714. The summed E-state index contributed by atoms with van der Waals surface area (Å²) in [5, 5.41) is 3.03. The highest BCUT2D eigenvalue weighted by molar-refractivity contribution is 6.31. The van der Waals surface area contributed by atoms with Crippen LogP contribution in [0.5, 0.6) is 0 Å². The van der Waals surface area contributed by atoms with E-state index in [1.165, 1.54) is 7.11 Å². The van der Waals surface area contributed by atoms with Crippen molar-refractivity contribution in [3.8, 4) is 0 Å². The molecule has 1 N–H and O–H groups in total. The van der Waals surface area contributed by atoms with Crippen molar-refractivity contribution in [2.24, 2.45) is 5.92 Å². The zero-order chi connectivity index (χ0) is 15.8. The molecule has 0 aliphatic carbocycles. The van der Waals surface area contributed by atoms with E-state index in [0.29, 0.717) is 17.0 Å². The van der Waals surface area contributed by atoms with E-state index in [0.717, 1.165) is 0 Å². The Hall–Kier alpha value is -1.75. The topological polar surface area (TPSA) is 64.6 Å². The molecule has 0 aliphatic rings. The third-order valence-corrected chi connectivity index (χ3v) is 3.17. The number of nitrogens with one attached hydrogen (secondary N) is 1. The predicted molar refractivity (Wildman–Crippen MR) is 80.0 cm³/mol. The average Bonchev–Trinajstić information content (AvgIpc) is 2.44. The van der Waals surface area contributed by atoms with E-state index in [-0.39, 0.29) is 12.5 Å². The van der Waals surface area contributed by atoms with Gasteiger partial charge in [0.05, 0.1) is 7.11 Å². The standard InChI is InChI=1S/C15H20ClNO4/c1-10(2)8-13(14(18)20-3)17-15(19)21-9-11-6-4-5-7-12(11)16/h4-7,10,13H,8-9H2,1-3H3,(H,17,19)/t13-/m0/s1. The predicted octanol–water partition coefficient (Wildman–Crippen LogP) is 3.15. The van der Waals surface area contributed by atoms with Gasteiger partial charge in [-0.05, 0) is 18.4 Å². The van der Waals surface area contributed by atoms with E-state index in [4.69, 9.17) is 16.3 Å². The van der Waals surface area contributed by atoms with Gasteiger partial charge in [0.1, 0.15) is 12.6 Å². The van der Waals surface area contributed by atoms with Crippen LogP contribution in [-0.4, -0.2) is 25.2 Å². The lowest BCUT2D eigenvalue weighted by Crippen LogP contribution is -2.42. The van der Waals surface area contributed by atoms with Crippen LogP contribution in [0, 0.1) is 5.92 Å². The van der Waals surface area contributed by atoms with Gasteiger partial charge < -0.3 is 14.8 Å². The maximum atomic E-state index is 11.8. The number of benzene rings is 1. The monoisotopic (exact) mass is 313 g/mol. The molecular formula is C15H20ClNO4. The van der Waals surface area contributed by atoms with Crippen molar-refractivity contribution in [2.45, 2.75) is 32.9 Å². The maximum absolute atomic E-state index is 11.8. The van der Waals surface area contributed by atoms with Crippen molar-refractivity contribution in [2.75, 3.05) is 7.11 Å². The molecule has 0 heterocycles. The first kappa shape index (κ1) is 17.3. The van der Waals surface area contributed by atoms with E-state index in [1.54, 1.807) is 24.3 Å². The van der Waals surface area contributed by atoms with Gasteiger partial charge in [0, 0.05) is 10.6 Å². The highest BCUT2D eigenvalue weighted by Gasteiger charge is 2.23. The number of alkyl carbamates (subject to hydrolysis) is 1. The van der Waals surface area contributed by atoms with Crippen molar-refractivity contribution in [1.82, 2.24) is 5.32 Å². The Balaban J connectivity index is 2.54. The van der Waals surface area contributed by atoms with Crippen molar-refractivity contribution in [3.63, 3.8) is 0 Å². The fourth-order valence-electron chi connectivity index (χ4n) is 1.77. The normalized spacial score (nSPS) is 11.9. The Labute approximate surface area is 129 Å². The van der Waals surface area contributed by atoms with Gasteiger partial charge in [-0.2, -0.15) is 0 Å². The molecule has 0 saturated heterocycles. The summed E-state index contributed by atoms with van der Waals surface area (Å²) in [4.78, 5) is 23.4. The van der Waals surface area contributed by atoms with Gasteiger partial charge in [0.2, 0.25) is 0 Å². The fraction of sp³-hybridized carbons (Fsp3) is 0.467. The summed E-state index contributed by atoms with van der Waals surface area (Å²) >= 11 is 5.97. The molecule has 116 valence electrons. The second-order valence-electron chi connectivity index (χ2n) is 5.02. The highest BCUT2D eigenvalue weighted by atomic mass is 35.5. The summed E-state index contributed by atoms with van der Waals surface area (Å²) in [5.41, 5.74) is 0.702. The summed E-state index contributed by atoms with van der Waals surface area (Å²) in [6, 6.07) is 6.37. The molecule has 0 fully saturated rings. The van der Waals surface area contributed by atoms with Crippen LogP contribution in [-0.2, 0) is 20.9 Å². The molecular weight excluding hydrogens is 294 g/mol. The summed E-state index contributed by atoms with van der Waals surface area (Å²) in [5.74, 6) is -0.253. The molecule has 0 bridgehead atoms. The first-order valence-electron chi connectivity index (χ1n) is 6.68. The van der Waals surface area contributed by atoms with Crippen LogP contribution in [0.4, 0.5) is 4.79 Å². The summed E-state index contributed by atoms with van der Waals surface area (Å²) in [7, 11) is 1.28. The third kappa shape index (κ3) is 6.04. The van der Waals surface area contributed by atoms with E-state index in [2.05, 4.69) is 10.1 Å². The zero-order valence-electron chi connectivity index (χ0n) is 12.4. The summed E-state index contributed by atoms with van der Waals surface area (Å²) in [6.07, 6.45) is -0.195. The number of amides is 1. The lowest BCUT2D eigenvalue weighted by Gasteiger charge is -2.18. The second kappa shape index (κ2) is 8.52. The van der Waals surface area contributed by atoms with Gasteiger partial charge in [-0.3, -0.25) is 0 Å². The van der Waals surface area contributed by atoms with Crippen molar-refractivity contribution in [3.05, 3.63) is 34.9 Å². The Bertz CT molecular complexity index is 490. The Morgan fingerprint density at radius 3 is 2.52 bits per heavy atom. The maximum Gasteiger partial charge on any atom is 0.408 e. The van der Waals surface area contributed by atoms with Gasteiger partial charge in [-0.1, -0.05) is 43.6 Å². The average molecular weight is 314 g/mol. The molecule has 1 amide bonds. The van der Waals surface area contributed by atoms with Crippen molar-refractivity contribution >= 4 is 23.7 Å². The number of esters is 1. The minimum absolute atomic E-state index is 0.0427. The Kier molecular flexibility index (Phi) is 7.02. The van der Waals surface area contributed by atoms with E-state index >= 15 is 0 Å². The largest absolute Gasteiger partial charge is 0.467 e. The number of hydrogen-bond acceptors (Lipinski definition) is 4. The molecule has 0 spiro atoms.